The van der Waals surface area contributed by atoms with Gasteiger partial charge in [0.1, 0.15) is 5.82 Å². The quantitative estimate of drug-likeness (QED) is 0.812. The lowest BCUT2D eigenvalue weighted by atomic mass is 10.1. The summed E-state index contributed by atoms with van der Waals surface area (Å²) in [5, 5.41) is 2.06. The van der Waals surface area contributed by atoms with E-state index >= 15 is 0 Å². The average Bonchev–Trinajstić information content (AvgIpc) is 2.91. The Morgan fingerprint density at radius 1 is 1.36 bits per heavy atom. The summed E-state index contributed by atoms with van der Waals surface area (Å²) in [6.07, 6.45) is 3.06. The number of hydrogen-bond acceptors (Lipinski definition) is 5. The molecule has 2 aromatic heterocycles. The lowest BCUT2D eigenvalue weighted by Gasteiger charge is -2.36. The van der Waals surface area contributed by atoms with E-state index in [-0.39, 0.29) is 12.2 Å². The van der Waals surface area contributed by atoms with Gasteiger partial charge in [0.25, 0.3) is 0 Å². The largest absolute Gasteiger partial charge is 0.372 e. The molecule has 22 heavy (non-hydrogen) atoms. The minimum absolute atomic E-state index is 0.143. The summed E-state index contributed by atoms with van der Waals surface area (Å²) in [5.74, 6) is 0.759. The SMILES string of the molecule is Cc1ccsc1-c1cnc(N2CC(C)OC(C)C2)c(C=O)c1. The zero-order valence-corrected chi connectivity index (χ0v) is 13.9. The molecular weight excluding hydrogens is 296 g/mol. The fourth-order valence-corrected chi connectivity index (χ4v) is 3.88. The first kappa shape index (κ1) is 15.2. The van der Waals surface area contributed by atoms with E-state index in [1.54, 1.807) is 11.3 Å². The van der Waals surface area contributed by atoms with Crippen molar-refractivity contribution in [3.05, 3.63) is 34.8 Å². The molecule has 2 unspecified atom stereocenters. The van der Waals surface area contributed by atoms with Crippen LogP contribution in [0.2, 0.25) is 0 Å². The summed E-state index contributed by atoms with van der Waals surface area (Å²) >= 11 is 1.67. The molecule has 0 radical (unpaired) electrons. The molecule has 4 nitrogen and oxygen atoms in total. The van der Waals surface area contributed by atoms with E-state index in [4.69, 9.17) is 4.74 Å². The highest BCUT2D eigenvalue weighted by Gasteiger charge is 2.25. The third-order valence-corrected chi connectivity index (χ3v) is 4.93. The number of aromatic nitrogens is 1. The maximum atomic E-state index is 11.5. The van der Waals surface area contributed by atoms with Gasteiger partial charge < -0.3 is 9.64 Å². The highest BCUT2D eigenvalue weighted by atomic mass is 32.1. The van der Waals surface area contributed by atoms with Crippen LogP contribution in [0.5, 0.6) is 0 Å². The number of nitrogens with zero attached hydrogens (tertiary/aromatic N) is 2. The van der Waals surface area contributed by atoms with Crippen molar-refractivity contribution in [2.45, 2.75) is 33.0 Å². The Hall–Kier alpha value is -1.72. The van der Waals surface area contributed by atoms with E-state index in [1.165, 1.54) is 10.4 Å². The van der Waals surface area contributed by atoms with E-state index in [0.717, 1.165) is 30.8 Å². The van der Waals surface area contributed by atoms with Gasteiger partial charge in [-0.25, -0.2) is 4.98 Å². The first-order valence-electron chi connectivity index (χ1n) is 7.48. The maximum absolute atomic E-state index is 11.5. The number of morpholine rings is 1. The van der Waals surface area contributed by atoms with Crippen LogP contribution in [0.1, 0.15) is 29.8 Å². The smallest absolute Gasteiger partial charge is 0.153 e. The van der Waals surface area contributed by atoms with Gasteiger partial charge in [0, 0.05) is 29.7 Å². The number of carbonyl (C=O) groups is 1. The molecule has 0 spiro atoms. The number of pyridine rings is 1. The average molecular weight is 316 g/mol. The minimum Gasteiger partial charge on any atom is -0.372 e. The number of rotatable bonds is 3. The molecule has 1 fully saturated rings. The fraction of sp³-hybridized carbons (Fsp3) is 0.412. The van der Waals surface area contributed by atoms with Crippen molar-refractivity contribution in [2.75, 3.05) is 18.0 Å². The highest BCUT2D eigenvalue weighted by molar-refractivity contribution is 7.13. The number of aryl methyl sites for hydroxylation is 1. The van der Waals surface area contributed by atoms with Crippen LogP contribution < -0.4 is 4.90 Å². The second-order valence-corrected chi connectivity index (χ2v) is 6.77. The van der Waals surface area contributed by atoms with Crippen LogP contribution >= 0.6 is 11.3 Å². The Balaban J connectivity index is 1.96. The molecule has 0 aromatic carbocycles. The summed E-state index contributed by atoms with van der Waals surface area (Å²) in [6, 6.07) is 4.03. The molecule has 3 rings (SSSR count). The Labute approximate surface area is 134 Å². The molecule has 116 valence electrons. The van der Waals surface area contributed by atoms with Crippen molar-refractivity contribution in [1.82, 2.24) is 4.98 Å². The van der Waals surface area contributed by atoms with Gasteiger partial charge in [-0.05, 0) is 43.8 Å². The van der Waals surface area contributed by atoms with Crippen molar-refractivity contribution in [3.8, 4) is 10.4 Å². The molecule has 0 saturated carbocycles. The van der Waals surface area contributed by atoms with Gasteiger partial charge >= 0.3 is 0 Å². The minimum atomic E-state index is 0.143. The third kappa shape index (κ3) is 2.91. The number of ether oxygens (including phenoxy) is 1. The predicted molar refractivity (Wildman–Crippen MR) is 89.9 cm³/mol. The molecule has 5 heteroatoms. The number of anilines is 1. The van der Waals surface area contributed by atoms with Gasteiger partial charge in [0.15, 0.2) is 6.29 Å². The van der Waals surface area contributed by atoms with Crippen LogP contribution in [0.15, 0.2) is 23.7 Å². The van der Waals surface area contributed by atoms with Crippen LogP contribution in [-0.4, -0.2) is 36.6 Å². The summed E-state index contributed by atoms with van der Waals surface area (Å²) < 4.78 is 5.75. The van der Waals surface area contributed by atoms with E-state index in [1.807, 2.05) is 26.1 Å². The molecule has 3 heterocycles. The topological polar surface area (TPSA) is 42.4 Å². The van der Waals surface area contributed by atoms with E-state index in [2.05, 4.69) is 28.3 Å². The molecule has 2 atom stereocenters. The molecule has 0 aliphatic carbocycles. The summed E-state index contributed by atoms with van der Waals surface area (Å²) in [7, 11) is 0. The number of aldehydes is 1. The molecule has 1 aliphatic heterocycles. The van der Waals surface area contributed by atoms with Crippen LogP contribution in [-0.2, 0) is 4.74 Å². The normalized spacial score (nSPS) is 21.9. The van der Waals surface area contributed by atoms with Gasteiger partial charge in [0.2, 0.25) is 0 Å². The Morgan fingerprint density at radius 2 is 2.09 bits per heavy atom. The lowest BCUT2D eigenvalue weighted by Crippen LogP contribution is -2.46. The second-order valence-electron chi connectivity index (χ2n) is 5.85. The summed E-state index contributed by atoms with van der Waals surface area (Å²) in [4.78, 5) is 19.4. The Kier molecular flexibility index (Phi) is 4.27. The number of thiophene rings is 1. The molecule has 0 bridgehead atoms. The molecular formula is C17H20N2O2S. The summed E-state index contributed by atoms with van der Waals surface area (Å²) in [6.45, 7) is 7.69. The van der Waals surface area contributed by atoms with Crippen molar-refractivity contribution in [1.29, 1.82) is 0 Å². The third-order valence-electron chi connectivity index (χ3n) is 3.87. The second kappa shape index (κ2) is 6.18. The molecule has 0 amide bonds. The van der Waals surface area contributed by atoms with Crippen molar-refractivity contribution in [2.24, 2.45) is 0 Å². The Bertz CT molecular complexity index is 673. The Morgan fingerprint density at radius 3 is 2.68 bits per heavy atom. The van der Waals surface area contributed by atoms with Crippen LogP contribution in [0.4, 0.5) is 5.82 Å². The van der Waals surface area contributed by atoms with Gasteiger partial charge in [0.05, 0.1) is 17.8 Å². The van der Waals surface area contributed by atoms with E-state index in [9.17, 15) is 4.79 Å². The lowest BCUT2D eigenvalue weighted by molar-refractivity contribution is -0.00549. The molecule has 0 N–H and O–H groups in total. The van der Waals surface area contributed by atoms with Gasteiger partial charge in [-0.2, -0.15) is 0 Å². The van der Waals surface area contributed by atoms with Gasteiger partial charge in [-0.3, -0.25) is 4.79 Å². The van der Waals surface area contributed by atoms with Gasteiger partial charge in [-0.1, -0.05) is 0 Å². The number of hydrogen-bond donors (Lipinski definition) is 0. The van der Waals surface area contributed by atoms with Crippen LogP contribution in [0.3, 0.4) is 0 Å². The van der Waals surface area contributed by atoms with Crippen molar-refractivity contribution < 1.29 is 9.53 Å². The first-order valence-corrected chi connectivity index (χ1v) is 8.36. The van der Waals surface area contributed by atoms with E-state index in [0.29, 0.717) is 5.56 Å². The standard InChI is InChI=1S/C17H20N2O2S/c1-11-4-5-22-16(11)14-6-15(10-20)17(18-7-14)19-8-12(2)21-13(3)9-19/h4-7,10,12-13H,8-9H2,1-3H3. The maximum Gasteiger partial charge on any atom is 0.153 e. The van der Waals surface area contributed by atoms with Crippen molar-refractivity contribution in [3.63, 3.8) is 0 Å². The van der Waals surface area contributed by atoms with Crippen molar-refractivity contribution >= 4 is 23.4 Å². The zero-order chi connectivity index (χ0) is 15.7. The number of carbonyl (C=O) groups excluding carboxylic acids is 1. The fourth-order valence-electron chi connectivity index (χ4n) is 2.97. The predicted octanol–water partition coefficient (Wildman–Crippen LogP) is 3.54. The zero-order valence-electron chi connectivity index (χ0n) is 13.1. The van der Waals surface area contributed by atoms with E-state index < -0.39 is 0 Å². The first-order chi connectivity index (χ1) is 10.6. The molecule has 1 saturated heterocycles. The van der Waals surface area contributed by atoms with Crippen LogP contribution in [0, 0.1) is 6.92 Å². The molecule has 1 aliphatic rings. The molecule has 2 aromatic rings. The van der Waals surface area contributed by atoms with Crippen LogP contribution in [0.25, 0.3) is 10.4 Å². The van der Waals surface area contributed by atoms with Gasteiger partial charge in [-0.15, -0.1) is 11.3 Å². The summed E-state index contributed by atoms with van der Waals surface area (Å²) in [5.41, 5.74) is 2.87. The monoisotopic (exact) mass is 316 g/mol. The highest BCUT2D eigenvalue weighted by Crippen LogP contribution is 2.31.